The van der Waals surface area contributed by atoms with Crippen LogP contribution in [0.1, 0.15) is 55.7 Å². The summed E-state index contributed by atoms with van der Waals surface area (Å²) < 4.78 is 33.2. The molecular formula is C26H29ClN4O7S2. The number of nitrogens with zero attached hydrogens (tertiary/aromatic N) is 3. The Labute approximate surface area is 240 Å². The number of halogens is 1. The molecule has 0 radical (unpaired) electrons. The average Bonchev–Trinajstić information content (AvgIpc) is 3.53. The summed E-state index contributed by atoms with van der Waals surface area (Å²) in [6.07, 6.45) is 2.98. The van der Waals surface area contributed by atoms with Gasteiger partial charge in [0.1, 0.15) is 18.2 Å². The second-order valence-corrected chi connectivity index (χ2v) is 12.7. The van der Waals surface area contributed by atoms with Crippen LogP contribution in [0.5, 0.6) is 0 Å². The maximum Gasteiger partial charge on any atom is 0.333 e. The number of carbonyl (C=O) groups is 1. The van der Waals surface area contributed by atoms with Crippen molar-refractivity contribution in [2.45, 2.75) is 44.1 Å². The summed E-state index contributed by atoms with van der Waals surface area (Å²) >= 11 is 7.45. The third kappa shape index (κ3) is 6.06. The summed E-state index contributed by atoms with van der Waals surface area (Å²) in [6, 6.07) is 7.17. The fourth-order valence-electron chi connectivity index (χ4n) is 5.39. The molecule has 4 atom stereocenters. The SMILES string of the molecule is CN(c1ncncc1C(=O)c1cc([C@H]2OCCc3ccc(Cl)cc32)c(CO)s1)[C@@H]1C[C@H](COS(N)(=O)=O)[C@@H](O)C1. The summed E-state index contributed by atoms with van der Waals surface area (Å²) in [6.45, 7) is 0.00364. The van der Waals surface area contributed by atoms with E-state index in [1.165, 1.54) is 23.9 Å². The molecule has 0 unspecified atom stereocenters. The first-order valence-electron chi connectivity index (χ1n) is 12.6. The van der Waals surface area contributed by atoms with E-state index in [-0.39, 0.29) is 30.6 Å². The standard InChI is InChI=1S/C26H29ClN4O7S2/c1-31(17-6-15(21(33)8-17)12-38-40(28,35)36)26-20(10-29-13-30-26)24(34)22-9-19(23(11-32)39-22)25-18-7-16(27)3-2-14(18)4-5-37-25/h2-3,7,9-10,13,15,17,21,25,32-33H,4-6,8,11-12H2,1H3,(H2,28,35,36)/t15-,17-,21+,25+/m1/s1. The first-order chi connectivity index (χ1) is 19.1. The van der Waals surface area contributed by atoms with Crippen LogP contribution in [0.4, 0.5) is 5.82 Å². The highest BCUT2D eigenvalue weighted by Gasteiger charge is 2.37. The van der Waals surface area contributed by atoms with E-state index in [4.69, 9.17) is 25.7 Å². The van der Waals surface area contributed by atoms with Crippen LogP contribution in [0.15, 0.2) is 36.8 Å². The van der Waals surface area contributed by atoms with E-state index in [1.807, 2.05) is 18.2 Å². The van der Waals surface area contributed by atoms with Crippen LogP contribution in [-0.2, 0) is 32.3 Å². The molecule has 11 nitrogen and oxygen atoms in total. The Bertz CT molecular complexity index is 1520. The summed E-state index contributed by atoms with van der Waals surface area (Å²) in [4.78, 5) is 25.0. The fourth-order valence-corrected chi connectivity index (χ4v) is 6.94. The number of rotatable bonds is 9. The number of nitrogens with two attached hydrogens (primary N) is 1. The molecule has 5 rings (SSSR count). The highest BCUT2D eigenvalue weighted by Crippen LogP contribution is 2.40. The molecule has 14 heteroatoms. The van der Waals surface area contributed by atoms with Crippen LogP contribution < -0.4 is 10.0 Å². The molecule has 1 saturated carbocycles. The van der Waals surface area contributed by atoms with Gasteiger partial charge in [-0.3, -0.25) is 8.98 Å². The zero-order valence-electron chi connectivity index (χ0n) is 21.6. The number of fused-ring (bicyclic) bond motifs is 1. The van der Waals surface area contributed by atoms with Crippen LogP contribution in [0.25, 0.3) is 0 Å². The van der Waals surface area contributed by atoms with Crippen molar-refractivity contribution in [1.82, 2.24) is 9.97 Å². The van der Waals surface area contributed by atoms with E-state index in [0.29, 0.717) is 45.6 Å². The second-order valence-electron chi connectivity index (χ2n) is 9.92. The van der Waals surface area contributed by atoms with Gasteiger partial charge in [0.15, 0.2) is 0 Å². The molecule has 0 bridgehead atoms. The minimum Gasteiger partial charge on any atom is -0.393 e. The monoisotopic (exact) mass is 608 g/mol. The molecule has 0 amide bonds. The Morgan fingerprint density at radius 1 is 1.30 bits per heavy atom. The van der Waals surface area contributed by atoms with E-state index < -0.39 is 28.4 Å². The number of ketones is 1. The number of aliphatic hydroxyl groups excluding tert-OH is 2. The number of hydrogen-bond donors (Lipinski definition) is 3. The summed E-state index contributed by atoms with van der Waals surface area (Å²) in [5.41, 5.74) is 2.99. The minimum absolute atomic E-state index is 0.237. The number of carbonyl (C=O) groups excluding carboxylic acids is 1. The van der Waals surface area contributed by atoms with Crippen LogP contribution in [0.2, 0.25) is 5.02 Å². The molecule has 1 aliphatic heterocycles. The van der Waals surface area contributed by atoms with Crippen LogP contribution >= 0.6 is 22.9 Å². The molecular weight excluding hydrogens is 580 g/mol. The Morgan fingerprint density at radius 2 is 2.10 bits per heavy atom. The predicted octanol–water partition coefficient (Wildman–Crippen LogP) is 2.37. The molecule has 3 heterocycles. The van der Waals surface area contributed by atoms with E-state index in [2.05, 4.69) is 9.97 Å². The van der Waals surface area contributed by atoms with Gasteiger partial charge in [0.2, 0.25) is 5.78 Å². The van der Waals surface area contributed by atoms with Gasteiger partial charge >= 0.3 is 10.3 Å². The van der Waals surface area contributed by atoms with Gasteiger partial charge in [-0.1, -0.05) is 17.7 Å². The molecule has 1 aromatic carbocycles. The number of hydrogen-bond acceptors (Lipinski definition) is 11. The van der Waals surface area contributed by atoms with E-state index >= 15 is 0 Å². The maximum atomic E-state index is 13.8. The lowest BCUT2D eigenvalue weighted by Crippen LogP contribution is -2.32. The van der Waals surface area contributed by atoms with Gasteiger partial charge in [0, 0.05) is 40.7 Å². The fraction of sp³-hybridized carbons (Fsp3) is 0.423. The van der Waals surface area contributed by atoms with Crippen LogP contribution in [-0.4, -0.2) is 66.8 Å². The quantitative estimate of drug-likeness (QED) is 0.307. The highest BCUT2D eigenvalue weighted by molar-refractivity contribution is 7.84. The average molecular weight is 609 g/mol. The van der Waals surface area contributed by atoms with Crippen molar-refractivity contribution >= 4 is 44.8 Å². The van der Waals surface area contributed by atoms with Gasteiger partial charge in [-0.15, -0.1) is 11.3 Å². The molecule has 0 spiro atoms. The number of aliphatic hydroxyl groups is 2. The summed E-state index contributed by atoms with van der Waals surface area (Å²) in [5, 5.41) is 26.2. The van der Waals surface area contributed by atoms with E-state index in [9.17, 15) is 23.4 Å². The van der Waals surface area contributed by atoms with Crippen molar-refractivity contribution in [1.29, 1.82) is 0 Å². The van der Waals surface area contributed by atoms with Gasteiger partial charge < -0.3 is 19.8 Å². The minimum atomic E-state index is -4.13. The van der Waals surface area contributed by atoms with Gasteiger partial charge in [-0.05, 0) is 48.6 Å². The van der Waals surface area contributed by atoms with Crippen molar-refractivity contribution in [2.24, 2.45) is 11.1 Å². The Balaban J connectivity index is 1.41. The molecule has 4 N–H and O–H groups in total. The van der Waals surface area contributed by atoms with Crippen molar-refractivity contribution in [2.75, 3.05) is 25.2 Å². The first kappa shape index (κ1) is 29.0. The van der Waals surface area contributed by atoms with Gasteiger partial charge in [-0.25, -0.2) is 15.1 Å². The van der Waals surface area contributed by atoms with Crippen molar-refractivity contribution in [3.63, 3.8) is 0 Å². The molecule has 3 aromatic rings. The lowest BCUT2D eigenvalue weighted by molar-refractivity contribution is 0.0688. The smallest absolute Gasteiger partial charge is 0.333 e. The number of benzene rings is 1. The predicted molar refractivity (Wildman–Crippen MR) is 149 cm³/mol. The Kier molecular flexibility index (Phi) is 8.55. The summed E-state index contributed by atoms with van der Waals surface area (Å²) in [5.74, 6) is -0.398. The third-order valence-corrected chi connectivity index (χ3v) is 9.27. The normalized spacial score (nSPS) is 22.7. The molecule has 40 heavy (non-hydrogen) atoms. The highest BCUT2D eigenvalue weighted by atomic mass is 35.5. The Morgan fingerprint density at radius 3 is 2.85 bits per heavy atom. The lowest BCUT2D eigenvalue weighted by atomic mass is 9.93. The van der Waals surface area contributed by atoms with E-state index in [0.717, 1.165) is 17.5 Å². The topological polar surface area (TPSA) is 165 Å². The van der Waals surface area contributed by atoms with Crippen LogP contribution in [0, 0.1) is 5.92 Å². The zero-order valence-corrected chi connectivity index (χ0v) is 24.0. The maximum absolute atomic E-state index is 13.8. The number of anilines is 1. The van der Waals surface area contributed by atoms with Crippen LogP contribution in [0.3, 0.4) is 0 Å². The Hall–Kier alpha value is -2.49. The largest absolute Gasteiger partial charge is 0.393 e. The molecule has 1 fully saturated rings. The molecule has 2 aromatic heterocycles. The van der Waals surface area contributed by atoms with Gasteiger partial charge in [0.05, 0.1) is 36.4 Å². The lowest BCUT2D eigenvalue weighted by Gasteiger charge is -2.27. The van der Waals surface area contributed by atoms with E-state index in [1.54, 1.807) is 18.0 Å². The molecule has 1 aliphatic carbocycles. The number of aromatic nitrogens is 2. The molecule has 0 saturated heterocycles. The number of ether oxygens (including phenoxy) is 1. The first-order valence-corrected chi connectivity index (χ1v) is 15.3. The van der Waals surface area contributed by atoms with Gasteiger partial charge in [-0.2, -0.15) is 8.42 Å². The van der Waals surface area contributed by atoms with Crippen molar-refractivity contribution in [3.8, 4) is 0 Å². The molecule has 2 aliphatic rings. The zero-order chi connectivity index (χ0) is 28.6. The van der Waals surface area contributed by atoms with Gasteiger partial charge in [0.25, 0.3) is 0 Å². The second kappa shape index (κ2) is 11.8. The summed E-state index contributed by atoms with van der Waals surface area (Å²) in [7, 11) is -2.37. The van der Waals surface area contributed by atoms with Crippen molar-refractivity contribution in [3.05, 3.63) is 73.8 Å². The third-order valence-electron chi connectivity index (χ3n) is 7.43. The number of thiophene rings is 1. The molecule has 214 valence electrons. The van der Waals surface area contributed by atoms with Crippen molar-refractivity contribution < 1.29 is 32.3 Å².